The van der Waals surface area contributed by atoms with Crippen molar-refractivity contribution in [2.24, 2.45) is 4.99 Å². The quantitative estimate of drug-likeness (QED) is 0.667. The number of rotatable bonds is 3. The van der Waals surface area contributed by atoms with Gasteiger partial charge in [-0.15, -0.1) is 0 Å². The zero-order valence-corrected chi connectivity index (χ0v) is 9.73. The van der Waals surface area contributed by atoms with Gasteiger partial charge in [0.15, 0.2) is 0 Å². The molecule has 1 N–H and O–H groups in total. The molecule has 0 aromatic rings. The number of hydrogen-bond donors (Lipinski definition) is 1. The minimum atomic E-state index is 0.0209. The zero-order valence-electron chi connectivity index (χ0n) is 9.73. The normalized spacial score (nSPS) is 14.6. The summed E-state index contributed by atoms with van der Waals surface area (Å²) in [5.41, 5.74) is 2.27. The third-order valence-corrected chi connectivity index (χ3v) is 1.39. The molecule has 0 aromatic heterocycles. The molecular weight excluding hydrogens is 160 g/mol. The Bertz CT molecular complexity index is 207. The molecule has 0 aromatic carbocycles. The summed E-state index contributed by atoms with van der Waals surface area (Å²) in [5, 5.41) is 3.24. The number of nitrogens with one attached hydrogen (secondary N) is 1. The molecule has 0 aliphatic heterocycles. The van der Waals surface area contributed by atoms with E-state index in [-0.39, 0.29) is 5.54 Å². The van der Waals surface area contributed by atoms with E-state index in [1.165, 1.54) is 5.70 Å². The molecule has 0 aliphatic rings. The topological polar surface area (TPSA) is 24.4 Å². The zero-order chi connectivity index (χ0) is 10.5. The minimum absolute atomic E-state index is 0.0209. The standard InChI is InChI=1S/C11H22N2/c1-7-12-9(2)8-10(3)13-11(4,5)6/h8,12H,7H2,1-6H3/b9-8-,13-10+. The third kappa shape index (κ3) is 7.57. The van der Waals surface area contributed by atoms with Crippen molar-refractivity contribution < 1.29 is 0 Å². The highest BCUT2D eigenvalue weighted by Crippen LogP contribution is 2.07. The van der Waals surface area contributed by atoms with Crippen LogP contribution in [0.2, 0.25) is 0 Å². The van der Waals surface area contributed by atoms with E-state index in [0.29, 0.717) is 0 Å². The Labute approximate surface area is 82.1 Å². The fraction of sp³-hybridized carbons (Fsp3) is 0.727. The van der Waals surface area contributed by atoms with Crippen molar-refractivity contribution in [2.75, 3.05) is 6.54 Å². The first-order chi connectivity index (χ1) is 5.85. The highest BCUT2D eigenvalue weighted by atomic mass is 14.9. The van der Waals surface area contributed by atoms with Crippen LogP contribution in [0.1, 0.15) is 41.5 Å². The third-order valence-electron chi connectivity index (χ3n) is 1.39. The summed E-state index contributed by atoms with van der Waals surface area (Å²) in [5.74, 6) is 0. The second kappa shape index (κ2) is 5.05. The molecule has 0 fully saturated rings. The summed E-state index contributed by atoms with van der Waals surface area (Å²) in [4.78, 5) is 4.53. The van der Waals surface area contributed by atoms with Gasteiger partial charge < -0.3 is 5.32 Å². The Balaban J connectivity index is 4.36. The summed E-state index contributed by atoms with van der Waals surface area (Å²) in [6, 6.07) is 0. The molecular formula is C11H22N2. The van der Waals surface area contributed by atoms with Crippen molar-refractivity contribution in [3.63, 3.8) is 0 Å². The first-order valence-electron chi connectivity index (χ1n) is 4.84. The van der Waals surface area contributed by atoms with E-state index in [1.807, 2.05) is 6.92 Å². The molecule has 0 saturated heterocycles. The van der Waals surface area contributed by atoms with Crippen LogP contribution >= 0.6 is 0 Å². The Kier molecular flexibility index (Phi) is 4.74. The van der Waals surface area contributed by atoms with Crippen LogP contribution in [-0.2, 0) is 0 Å². The molecule has 0 aliphatic carbocycles. The van der Waals surface area contributed by atoms with Crippen LogP contribution in [0.3, 0.4) is 0 Å². The second-order valence-electron chi connectivity index (χ2n) is 4.28. The summed E-state index contributed by atoms with van der Waals surface area (Å²) in [6.45, 7) is 13.5. The molecule has 0 atom stereocenters. The predicted octanol–water partition coefficient (Wildman–Crippen LogP) is 2.76. The van der Waals surface area contributed by atoms with Gasteiger partial charge in [0.25, 0.3) is 0 Å². The van der Waals surface area contributed by atoms with Crippen molar-refractivity contribution in [3.05, 3.63) is 11.8 Å². The van der Waals surface area contributed by atoms with Gasteiger partial charge in [0, 0.05) is 18.0 Å². The van der Waals surface area contributed by atoms with Gasteiger partial charge in [0.05, 0.1) is 5.54 Å². The van der Waals surface area contributed by atoms with Crippen molar-refractivity contribution in [3.8, 4) is 0 Å². The fourth-order valence-electron chi connectivity index (χ4n) is 1.20. The Hall–Kier alpha value is -0.790. The summed E-state index contributed by atoms with van der Waals surface area (Å²) >= 11 is 0. The van der Waals surface area contributed by atoms with E-state index >= 15 is 0 Å². The van der Waals surface area contributed by atoms with Crippen LogP contribution in [0, 0.1) is 0 Å². The lowest BCUT2D eigenvalue weighted by Gasteiger charge is -2.13. The molecule has 0 heterocycles. The van der Waals surface area contributed by atoms with Gasteiger partial charge in [-0.2, -0.15) is 0 Å². The lowest BCUT2D eigenvalue weighted by molar-refractivity contribution is 0.584. The molecule has 0 rings (SSSR count). The summed E-state index contributed by atoms with van der Waals surface area (Å²) < 4.78 is 0. The fourth-order valence-corrected chi connectivity index (χ4v) is 1.20. The molecule has 0 amide bonds. The lowest BCUT2D eigenvalue weighted by atomic mass is 10.1. The van der Waals surface area contributed by atoms with Crippen LogP contribution in [0.25, 0.3) is 0 Å². The average molecular weight is 182 g/mol. The maximum atomic E-state index is 4.53. The maximum Gasteiger partial charge on any atom is 0.0527 e. The van der Waals surface area contributed by atoms with Gasteiger partial charge in [0.2, 0.25) is 0 Å². The van der Waals surface area contributed by atoms with Crippen LogP contribution in [0.15, 0.2) is 16.8 Å². The van der Waals surface area contributed by atoms with E-state index in [4.69, 9.17) is 0 Å². The van der Waals surface area contributed by atoms with Gasteiger partial charge in [-0.1, -0.05) is 0 Å². The summed E-state index contributed by atoms with van der Waals surface area (Å²) in [7, 11) is 0. The highest BCUT2D eigenvalue weighted by Gasteiger charge is 2.06. The molecule has 0 bridgehead atoms. The first kappa shape index (κ1) is 12.2. The average Bonchev–Trinajstić information content (AvgIpc) is 1.81. The molecule has 0 unspecified atom stereocenters. The van der Waals surface area contributed by atoms with E-state index in [2.05, 4.69) is 51.0 Å². The monoisotopic (exact) mass is 182 g/mol. The highest BCUT2D eigenvalue weighted by molar-refractivity contribution is 5.93. The minimum Gasteiger partial charge on any atom is -0.389 e. The van der Waals surface area contributed by atoms with E-state index in [0.717, 1.165) is 12.3 Å². The number of nitrogens with zero attached hydrogens (tertiary/aromatic N) is 1. The lowest BCUT2D eigenvalue weighted by Crippen LogP contribution is -2.14. The Morgan fingerprint density at radius 2 is 1.85 bits per heavy atom. The van der Waals surface area contributed by atoms with Gasteiger partial charge in [-0.25, -0.2) is 0 Å². The van der Waals surface area contributed by atoms with Crippen molar-refractivity contribution in [2.45, 2.75) is 47.1 Å². The van der Waals surface area contributed by atoms with Gasteiger partial charge >= 0.3 is 0 Å². The molecule has 0 spiro atoms. The number of allylic oxidation sites excluding steroid dienone is 2. The van der Waals surface area contributed by atoms with Crippen molar-refractivity contribution >= 4 is 5.71 Å². The van der Waals surface area contributed by atoms with Gasteiger partial charge in [-0.05, 0) is 47.6 Å². The molecule has 2 heteroatoms. The first-order valence-corrected chi connectivity index (χ1v) is 4.84. The van der Waals surface area contributed by atoms with Gasteiger partial charge in [-0.3, -0.25) is 4.99 Å². The number of aliphatic imine (C=N–C) groups is 1. The van der Waals surface area contributed by atoms with Crippen LogP contribution < -0.4 is 5.32 Å². The molecule has 0 radical (unpaired) electrons. The molecule has 13 heavy (non-hydrogen) atoms. The van der Waals surface area contributed by atoms with Gasteiger partial charge in [0.1, 0.15) is 0 Å². The van der Waals surface area contributed by atoms with Crippen LogP contribution in [-0.4, -0.2) is 17.8 Å². The molecule has 2 nitrogen and oxygen atoms in total. The van der Waals surface area contributed by atoms with E-state index < -0.39 is 0 Å². The smallest absolute Gasteiger partial charge is 0.0527 e. The maximum absolute atomic E-state index is 4.53. The SMILES string of the molecule is CCN/C(C)=C\C(C)=N\C(C)(C)C. The second-order valence-corrected chi connectivity index (χ2v) is 4.28. The Morgan fingerprint density at radius 3 is 2.23 bits per heavy atom. The summed E-state index contributed by atoms with van der Waals surface area (Å²) in [6.07, 6.45) is 2.08. The number of hydrogen-bond acceptors (Lipinski definition) is 2. The molecule has 76 valence electrons. The van der Waals surface area contributed by atoms with Crippen molar-refractivity contribution in [1.82, 2.24) is 5.32 Å². The van der Waals surface area contributed by atoms with Crippen LogP contribution in [0.5, 0.6) is 0 Å². The predicted molar refractivity (Wildman–Crippen MR) is 60.3 cm³/mol. The molecule has 0 saturated carbocycles. The van der Waals surface area contributed by atoms with E-state index in [9.17, 15) is 0 Å². The van der Waals surface area contributed by atoms with Crippen molar-refractivity contribution in [1.29, 1.82) is 0 Å². The van der Waals surface area contributed by atoms with E-state index in [1.54, 1.807) is 0 Å². The largest absolute Gasteiger partial charge is 0.389 e. The Morgan fingerprint density at radius 1 is 1.31 bits per heavy atom. The van der Waals surface area contributed by atoms with Crippen LogP contribution in [0.4, 0.5) is 0 Å².